The third-order valence-corrected chi connectivity index (χ3v) is 7.80. The highest BCUT2D eigenvalue weighted by molar-refractivity contribution is 5.95. The second kappa shape index (κ2) is 17.6. The van der Waals surface area contributed by atoms with E-state index >= 15 is 0 Å². The summed E-state index contributed by atoms with van der Waals surface area (Å²) >= 11 is 0. The van der Waals surface area contributed by atoms with Gasteiger partial charge in [0.15, 0.2) is 11.5 Å². The number of carbonyl (C=O) groups excluding carboxylic acids is 1. The van der Waals surface area contributed by atoms with Crippen LogP contribution in [-0.4, -0.2) is 29.7 Å². The Balaban J connectivity index is 1.46. The minimum Gasteiger partial charge on any atom is -0.493 e. The maximum absolute atomic E-state index is 13.1. The number of fused-ring (bicyclic) bond motifs is 1. The molecule has 1 N–H and O–H groups in total. The highest BCUT2D eigenvalue weighted by Crippen LogP contribution is 2.28. The molecule has 1 aromatic heterocycles. The van der Waals surface area contributed by atoms with Crippen molar-refractivity contribution in [2.75, 3.05) is 14.2 Å². The Hall–Kier alpha value is -3.02. The van der Waals surface area contributed by atoms with Crippen molar-refractivity contribution in [2.24, 2.45) is 0 Å². The first-order valence-electron chi connectivity index (χ1n) is 15.6. The number of benzene rings is 2. The first-order chi connectivity index (χ1) is 19.6. The molecule has 0 saturated heterocycles. The van der Waals surface area contributed by atoms with Crippen LogP contribution in [0, 0.1) is 0 Å². The van der Waals surface area contributed by atoms with E-state index in [2.05, 4.69) is 28.9 Å². The summed E-state index contributed by atoms with van der Waals surface area (Å²) in [6.45, 7) is 5.19. The van der Waals surface area contributed by atoms with Gasteiger partial charge in [-0.3, -0.25) is 4.79 Å². The molecule has 3 rings (SSSR count). The summed E-state index contributed by atoms with van der Waals surface area (Å²) in [5.74, 6) is 1.86. The first-order valence-corrected chi connectivity index (χ1v) is 15.6. The number of aromatic nitrogens is 2. The second-order valence-corrected chi connectivity index (χ2v) is 11.0. The Kier molecular flexibility index (Phi) is 13.9. The molecule has 0 radical (unpaired) electrons. The summed E-state index contributed by atoms with van der Waals surface area (Å²) in [5, 5.41) is 3.14. The topological polar surface area (TPSA) is 65.4 Å². The minimum atomic E-state index is -0.236. The minimum absolute atomic E-state index is 0.163. The maximum Gasteiger partial charge on any atom is 0.251 e. The van der Waals surface area contributed by atoms with Crippen LogP contribution >= 0.6 is 0 Å². The molecular weight excluding hydrogens is 498 g/mol. The summed E-state index contributed by atoms with van der Waals surface area (Å²) < 4.78 is 13.0. The number of unbranched alkanes of at least 4 members (excludes halogenated alkanes) is 13. The summed E-state index contributed by atoms with van der Waals surface area (Å²) in [5.41, 5.74) is 2.62. The Labute approximate surface area is 241 Å². The molecule has 1 amide bonds. The van der Waals surface area contributed by atoms with Gasteiger partial charge in [-0.15, -0.1) is 0 Å². The standard InChI is InChI=1S/C34H51N3O3/c1-5-6-7-8-9-10-11-12-13-14-15-16-17-20-25-37-30-22-19-18-21-29(30)36-33(37)27(2)35-34(38)28-23-24-31(39-3)32(26-28)40-4/h18-19,21-24,26-27H,5-17,20,25H2,1-4H3,(H,35,38). The van der Waals surface area contributed by atoms with Crippen LogP contribution in [0.15, 0.2) is 42.5 Å². The van der Waals surface area contributed by atoms with Crippen molar-refractivity contribution in [3.63, 3.8) is 0 Å². The van der Waals surface area contributed by atoms with Crippen molar-refractivity contribution in [3.8, 4) is 11.5 Å². The number of nitrogens with one attached hydrogen (secondary N) is 1. The van der Waals surface area contributed by atoms with Crippen LogP contribution < -0.4 is 14.8 Å². The number of hydrogen-bond acceptors (Lipinski definition) is 4. The monoisotopic (exact) mass is 549 g/mol. The molecular formula is C34H51N3O3. The Morgan fingerprint density at radius 2 is 1.38 bits per heavy atom. The highest BCUT2D eigenvalue weighted by atomic mass is 16.5. The van der Waals surface area contributed by atoms with Crippen LogP contribution in [0.5, 0.6) is 11.5 Å². The Morgan fingerprint density at radius 3 is 1.98 bits per heavy atom. The Bertz CT molecular complexity index is 1160. The number of ether oxygens (including phenoxy) is 2. The molecule has 2 aromatic carbocycles. The lowest BCUT2D eigenvalue weighted by Crippen LogP contribution is -2.28. The van der Waals surface area contributed by atoms with E-state index < -0.39 is 0 Å². The van der Waals surface area contributed by atoms with Crippen LogP contribution in [0.1, 0.15) is 126 Å². The smallest absolute Gasteiger partial charge is 0.251 e. The highest BCUT2D eigenvalue weighted by Gasteiger charge is 2.20. The molecule has 6 nitrogen and oxygen atoms in total. The average Bonchev–Trinajstić information content (AvgIpc) is 3.35. The van der Waals surface area contributed by atoms with Crippen LogP contribution in [0.25, 0.3) is 11.0 Å². The lowest BCUT2D eigenvalue weighted by Gasteiger charge is -2.17. The van der Waals surface area contributed by atoms with E-state index in [0.717, 1.165) is 29.8 Å². The molecule has 1 heterocycles. The van der Waals surface area contributed by atoms with E-state index in [1.165, 1.54) is 83.5 Å². The summed E-state index contributed by atoms with van der Waals surface area (Å²) in [6, 6.07) is 13.2. The molecule has 0 bridgehead atoms. The molecule has 3 aromatic rings. The third-order valence-electron chi connectivity index (χ3n) is 7.80. The second-order valence-electron chi connectivity index (χ2n) is 11.0. The first kappa shape index (κ1) is 31.5. The van der Waals surface area contributed by atoms with Crippen LogP contribution in [-0.2, 0) is 6.54 Å². The van der Waals surface area contributed by atoms with E-state index in [9.17, 15) is 4.79 Å². The predicted molar refractivity (Wildman–Crippen MR) is 165 cm³/mol. The van der Waals surface area contributed by atoms with Gasteiger partial charge < -0.3 is 19.4 Å². The van der Waals surface area contributed by atoms with Gasteiger partial charge in [-0.05, 0) is 43.7 Å². The number of para-hydroxylation sites is 2. The van der Waals surface area contributed by atoms with Gasteiger partial charge in [0.2, 0.25) is 0 Å². The zero-order valence-electron chi connectivity index (χ0n) is 25.3. The van der Waals surface area contributed by atoms with E-state index in [1.807, 2.05) is 19.1 Å². The summed E-state index contributed by atoms with van der Waals surface area (Å²) in [7, 11) is 3.16. The van der Waals surface area contributed by atoms with Gasteiger partial charge in [0.25, 0.3) is 5.91 Å². The van der Waals surface area contributed by atoms with E-state index in [1.54, 1.807) is 32.4 Å². The number of amides is 1. The number of nitrogens with zero attached hydrogens (tertiary/aromatic N) is 2. The fourth-order valence-electron chi connectivity index (χ4n) is 5.45. The SMILES string of the molecule is CCCCCCCCCCCCCCCCn1c(C(C)NC(=O)c2ccc(OC)c(OC)c2)nc2ccccc21. The van der Waals surface area contributed by atoms with Gasteiger partial charge in [0.05, 0.1) is 31.3 Å². The van der Waals surface area contributed by atoms with Crippen LogP contribution in [0.4, 0.5) is 0 Å². The molecule has 0 aliphatic rings. The average molecular weight is 550 g/mol. The molecule has 6 heteroatoms. The van der Waals surface area contributed by atoms with Gasteiger partial charge in [-0.2, -0.15) is 0 Å². The van der Waals surface area contributed by atoms with E-state index in [-0.39, 0.29) is 11.9 Å². The maximum atomic E-state index is 13.1. The van der Waals surface area contributed by atoms with Crippen molar-refractivity contribution in [1.29, 1.82) is 0 Å². The molecule has 0 aliphatic heterocycles. The van der Waals surface area contributed by atoms with Gasteiger partial charge >= 0.3 is 0 Å². The van der Waals surface area contributed by atoms with Crippen molar-refractivity contribution in [3.05, 3.63) is 53.9 Å². The molecule has 0 aliphatic carbocycles. The normalized spacial score (nSPS) is 12.0. The fourth-order valence-corrected chi connectivity index (χ4v) is 5.45. The number of aryl methyl sites for hydroxylation is 1. The summed E-state index contributed by atoms with van der Waals surface area (Å²) in [6.07, 6.45) is 18.9. The number of rotatable bonds is 20. The Morgan fingerprint density at radius 1 is 0.800 bits per heavy atom. The predicted octanol–water partition coefficient (Wildman–Crippen LogP) is 9.03. The number of hydrogen-bond donors (Lipinski definition) is 1. The van der Waals surface area contributed by atoms with E-state index in [0.29, 0.717) is 17.1 Å². The molecule has 0 fully saturated rings. The fraction of sp³-hybridized carbons (Fsp3) is 0.588. The molecule has 1 unspecified atom stereocenters. The van der Waals surface area contributed by atoms with Gasteiger partial charge in [0.1, 0.15) is 5.82 Å². The van der Waals surface area contributed by atoms with Crippen molar-refractivity contribution in [2.45, 2.75) is 116 Å². The zero-order valence-corrected chi connectivity index (χ0v) is 25.3. The number of imidazole rings is 1. The lowest BCUT2D eigenvalue weighted by atomic mass is 10.0. The van der Waals surface area contributed by atoms with Gasteiger partial charge in [-0.25, -0.2) is 4.98 Å². The number of carbonyl (C=O) groups is 1. The van der Waals surface area contributed by atoms with Crippen LogP contribution in [0.3, 0.4) is 0 Å². The van der Waals surface area contributed by atoms with Crippen molar-refractivity contribution >= 4 is 16.9 Å². The molecule has 0 saturated carbocycles. The van der Waals surface area contributed by atoms with Crippen molar-refractivity contribution in [1.82, 2.24) is 14.9 Å². The quantitative estimate of drug-likeness (QED) is 0.143. The van der Waals surface area contributed by atoms with E-state index in [4.69, 9.17) is 14.5 Å². The molecule has 220 valence electrons. The van der Waals surface area contributed by atoms with Gasteiger partial charge in [-0.1, -0.05) is 103 Å². The van der Waals surface area contributed by atoms with Crippen LogP contribution in [0.2, 0.25) is 0 Å². The molecule has 40 heavy (non-hydrogen) atoms. The largest absolute Gasteiger partial charge is 0.493 e. The van der Waals surface area contributed by atoms with Gasteiger partial charge in [0, 0.05) is 12.1 Å². The molecule has 1 atom stereocenters. The number of methoxy groups -OCH3 is 2. The molecule has 0 spiro atoms. The third kappa shape index (κ3) is 9.57. The zero-order chi connectivity index (χ0) is 28.6. The lowest BCUT2D eigenvalue weighted by molar-refractivity contribution is 0.0937. The summed E-state index contributed by atoms with van der Waals surface area (Å²) in [4.78, 5) is 18.0. The van der Waals surface area contributed by atoms with Crippen molar-refractivity contribution < 1.29 is 14.3 Å².